The first-order valence-corrected chi connectivity index (χ1v) is 7.69. The first-order valence-electron chi connectivity index (χ1n) is 7.69. The van der Waals surface area contributed by atoms with E-state index >= 15 is 0 Å². The molecule has 0 amide bonds. The molecule has 2 aromatic rings. The van der Waals surface area contributed by atoms with Crippen LogP contribution in [-0.4, -0.2) is 19.1 Å². The van der Waals surface area contributed by atoms with Gasteiger partial charge in [-0.15, -0.1) is 0 Å². The van der Waals surface area contributed by atoms with Crippen molar-refractivity contribution in [1.29, 1.82) is 0 Å². The maximum Gasteiger partial charge on any atom is 0.131 e. The molecule has 4 rings (SSSR count). The van der Waals surface area contributed by atoms with Crippen molar-refractivity contribution in [3.63, 3.8) is 0 Å². The van der Waals surface area contributed by atoms with Gasteiger partial charge in [0.1, 0.15) is 5.82 Å². The summed E-state index contributed by atoms with van der Waals surface area (Å²) in [7, 11) is 0. The van der Waals surface area contributed by atoms with Crippen molar-refractivity contribution in [1.82, 2.24) is 5.32 Å². The van der Waals surface area contributed by atoms with Gasteiger partial charge < -0.3 is 10.6 Å². The number of benzene rings is 2. The number of halogens is 1. The van der Waals surface area contributed by atoms with E-state index in [-0.39, 0.29) is 5.82 Å². The van der Waals surface area contributed by atoms with E-state index < -0.39 is 0 Å². The molecule has 108 valence electrons. The second-order valence-electron chi connectivity index (χ2n) is 5.93. The molecule has 0 bridgehead atoms. The highest BCUT2D eigenvalue weighted by Gasteiger charge is 2.34. The smallest absolute Gasteiger partial charge is 0.131 e. The Morgan fingerprint density at radius 2 is 1.71 bits per heavy atom. The Morgan fingerprint density at radius 3 is 2.62 bits per heavy atom. The van der Waals surface area contributed by atoms with E-state index in [1.807, 2.05) is 18.2 Å². The van der Waals surface area contributed by atoms with Crippen LogP contribution in [0, 0.1) is 5.82 Å². The molecule has 2 atom stereocenters. The van der Waals surface area contributed by atoms with Gasteiger partial charge in [0.05, 0.1) is 0 Å². The van der Waals surface area contributed by atoms with Gasteiger partial charge in [0.15, 0.2) is 0 Å². The van der Waals surface area contributed by atoms with E-state index in [1.54, 1.807) is 12.1 Å². The van der Waals surface area contributed by atoms with E-state index in [0.717, 1.165) is 31.5 Å². The molecular weight excluding hydrogens is 263 g/mol. The summed E-state index contributed by atoms with van der Waals surface area (Å²) in [5.41, 5.74) is 4.26. The van der Waals surface area contributed by atoms with Gasteiger partial charge in [-0.05, 0) is 49.2 Å². The second kappa shape index (κ2) is 5.15. The minimum Gasteiger partial charge on any atom is -0.381 e. The Hall–Kier alpha value is -1.87. The predicted octanol–water partition coefficient (Wildman–Crippen LogP) is 3.75. The molecule has 2 N–H and O–H groups in total. The lowest BCUT2D eigenvalue weighted by Crippen LogP contribution is -2.21. The van der Waals surface area contributed by atoms with Crippen molar-refractivity contribution in [3.05, 3.63) is 53.8 Å². The minimum absolute atomic E-state index is 0.138. The average Bonchev–Trinajstić information content (AvgIpc) is 2.70. The van der Waals surface area contributed by atoms with Gasteiger partial charge in [-0.2, -0.15) is 0 Å². The van der Waals surface area contributed by atoms with Crippen LogP contribution in [0.2, 0.25) is 0 Å². The quantitative estimate of drug-likeness (QED) is 0.832. The Bertz CT molecular complexity index is 668. The minimum atomic E-state index is -0.138. The van der Waals surface area contributed by atoms with Crippen LogP contribution in [0.15, 0.2) is 42.5 Å². The van der Waals surface area contributed by atoms with Crippen LogP contribution in [0.3, 0.4) is 0 Å². The molecule has 2 heterocycles. The predicted molar refractivity (Wildman–Crippen MR) is 84.1 cm³/mol. The summed E-state index contributed by atoms with van der Waals surface area (Å²) < 4.78 is 14.2. The van der Waals surface area contributed by atoms with E-state index in [0.29, 0.717) is 17.5 Å². The Morgan fingerprint density at radius 1 is 0.905 bits per heavy atom. The summed E-state index contributed by atoms with van der Waals surface area (Å²) in [5, 5.41) is 7.11. The molecule has 0 spiro atoms. The molecule has 1 fully saturated rings. The monoisotopic (exact) mass is 282 g/mol. The summed E-state index contributed by atoms with van der Waals surface area (Å²) in [5.74, 6) is 0.340. The lowest BCUT2D eigenvalue weighted by Gasteiger charge is -2.18. The van der Waals surface area contributed by atoms with Crippen LogP contribution in [-0.2, 0) is 0 Å². The van der Waals surface area contributed by atoms with Crippen molar-refractivity contribution in [2.75, 3.05) is 18.4 Å². The summed E-state index contributed by atoms with van der Waals surface area (Å²) >= 11 is 0. The van der Waals surface area contributed by atoms with E-state index in [4.69, 9.17) is 0 Å². The Labute approximate surface area is 124 Å². The third-order valence-corrected chi connectivity index (χ3v) is 4.73. The van der Waals surface area contributed by atoms with Crippen molar-refractivity contribution in [2.45, 2.75) is 24.8 Å². The Kier molecular flexibility index (Phi) is 3.15. The molecule has 1 unspecified atom stereocenters. The fourth-order valence-electron chi connectivity index (χ4n) is 3.77. The number of hydrogen-bond acceptors (Lipinski definition) is 2. The van der Waals surface area contributed by atoms with Crippen molar-refractivity contribution in [3.8, 4) is 11.1 Å². The van der Waals surface area contributed by atoms with Gasteiger partial charge in [-0.25, -0.2) is 4.39 Å². The average molecular weight is 282 g/mol. The Balaban J connectivity index is 1.85. The number of anilines is 1. The molecular formula is C18H19FN2. The second-order valence-corrected chi connectivity index (χ2v) is 5.93. The lowest BCUT2D eigenvalue weighted by atomic mass is 9.86. The van der Waals surface area contributed by atoms with Gasteiger partial charge in [0, 0.05) is 23.2 Å². The fourth-order valence-corrected chi connectivity index (χ4v) is 3.77. The fraction of sp³-hybridized carbons (Fsp3) is 0.333. The topological polar surface area (TPSA) is 24.1 Å². The highest BCUT2D eigenvalue weighted by molar-refractivity contribution is 5.78. The zero-order chi connectivity index (χ0) is 14.2. The number of rotatable bonds is 1. The van der Waals surface area contributed by atoms with Crippen LogP contribution >= 0.6 is 0 Å². The molecule has 0 aliphatic carbocycles. The molecule has 2 aliphatic rings. The van der Waals surface area contributed by atoms with Crippen molar-refractivity contribution >= 4 is 5.69 Å². The van der Waals surface area contributed by atoms with Crippen molar-refractivity contribution < 1.29 is 4.39 Å². The molecule has 1 saturated heterocycles. The number of nitrogens with one attached hydrogen (secondary N) is 2. The molecule has 0 radical (unpaired) electrons. The molecule has 0 aromatic heterocycles. The van der Waals surface area contributed by atoms with Crippen LogP contribution in [0.5, 0.6) is 0 Å². The first kappa shape index (κ1) is 12.8. The van der Waals surface area contributed by atoms with Gasteiger partial charge in [-0.3, -0.25) is 0 Å². The van der Waals surface area contributed by atoms with Gasteiger partial charge >= 0.3 is 0 Å². The zero-order valence-corrected chi connectivity index (χ0v) is 11.9. The normalized spacial score (nSPS) is 23.9. The molecule has 2 aliphatic heterocycles. The third-order valence-electron chi connectivity index (χ3n) is 4.73. The van der Waals surface area contributed by atoms with Gasteiger partial charge in [0.2, 0.25) is 0 Å². The number of hydrogen-bond donors (Lipinski definition) is 2. The van der Waals surface area contributed by atoms with Crippen molar-refractivity contribution in [2.24, 2.45) is 0 Å². The van der Waals surface area contributed by atoms with Gasteiger partial charge in [-0.1, -0.05) is 30.3 Å². The SMILES string of the molecule is Fc1ccccc1-c1cccc2c1[C@H]1CCNCCC1N2. The molecule has 0 saturated carbocycles. The lowest BCUT2D eigenvalue weighted by molar-refractivity contribution is 0.578. The molecule has 3 heteroatoms. The highest BCUT2D eigenvalue weighted by atomic mass is 19.1. The van der Waals surface area contributed by atoms with Crippen LogP contribution in [0.4, 0.5) is 10.1 Å². The third kappa shape index (κ3) is 2.12. The van der Waals surface area contributed by atoms with E-state index in [9.17, 15) is 4.39 Å². The van der Waals surface area contributed by atoms with Gasteiger partial charge in [0.25, 0.3) is 0 Å². The van der Waals surface area contributed by atoms with Crippen LogP contribution < -0.4 is 10.6 Å². The van der Waals surface area contributed by atoms with E-state index in [1.165, 1.54) is 11.3 Å². The van der Waals surface area contributed by atoms with E-state index in [2.05, 4.69) is 22.8 Å². The summed E-state index contributed by atoms with van der Waals surface area (Å²) in [4.78, 5) is 0. The molecule has 21 heavy (non-hydrogen) atoms. The molecule has 2 nitrogen and oxygen atoms in total. The molecule has 2 aromatic carbocycles. The first-order chi connectivity index (χ1) is 10.3. The van der Waals surface area contributed by atoms with Crippen LogP contribution in [0.1, 0.15) is 24.3 Å². The summed E-state index contributed by atoms with van der Waals surface area (Å²) in [6.07, 6.45) is 2.23. The zero-order valence-electron chi connectivity index (χ0n) is 11.9. The largest absolute Gasteiger partial charge is 0.381 e. The van der Waals surface area contributed by atoms with Crippen LogP contribution in [0.25, 0.3) is 11.1 Å². The summed E-state index contributed by atoms with van der Waals surface area (Å²) in [6.45, 7) is 2.09. The number of fused-ring (bicyclic) bond motifs is 3. The standard InChI is InChI=1S/C18H19FN2/c19-15-6-2-1-4-12(15)13-5-3-7-17-18(13)14-8-10-20-11-9-16(14)21-17/h1-7,14,16,20-21H,8-11H2/t14-,16?/m0/s1. The highest BCUT2D eigenvalue weighted by Crippen LogP contribution is 2.45. The maximum absolute atomic E-state index is 14.2. The summed E-state index contributed by atoms with van der Waals surface area (Å²) in [6, 6.07) is 13.8. The maximum atomic E-state index is 14.2.